The number of carboxylic acid groups (broad SMARTS) is 1. The van der Waals surface area contributed by atoms with E-state index in [9.17, 15) is 19.5 Å². The van der Waals surface area contributed by atoms with Gasteiger partial charge in [0.2, 0.25) is 5.91 Å². The molecule has 7 nitrogen and oxygen atoms in total. The van der Waals surface area contributed by atoms with E-state index < -0.39 is 23.5 Å². The average molecular weight is 477 g/mol. The first-order chi connectivity index (χ1) is 16.9. The highest BCUT2D eigenvalue weighted by atomic mass is 16.5. The molecule has 2 aromatic carbocycles. The Balaban J connectivity index is 1.22. The number of hydrogen-bond acceptors (Lipinski definition) is 4. The molecule has 2 atom stereocenters. The normalized spacial score (nSPS) is 19.1. The Labute approximate surface area is 205 Å². The van der Waals surface area contributed by atoms with Crippen LogP contribution in [0, 0.1) is 17.8 Å². The summed E-state index contributed by atoms with van der Waals surface area (Å²) in [7, 11) is 0. The topological polar surface area (TPSA) is 105 Å². The number of carboxylic acids is 1. The van der Waals surface area contributed by atoms with E-state index in [1.807, 2.05) is 24.3 Å². The molecule has 0 heterocycles. The number of benzene rings is 2. The van der Waals surface area contributed by atoms with Crippen LogP contribution < -0.4 is 10.6 Å². The lowest BCUT2D eigenvalue weighted by Gasteiger charge is -2.30. The van der Waals surface area contributed by atoms with Crippen LogP contribution in [0.5, 0.6) is 0 Å². The van der Waals surface area contributed by atoms with Crippen molar-refractivity contribution in [3.05, 3.63) is 59.7 Å². The average Bonchev–Trinajstić information content (AvgIpc) is 3.77. The minimum Gasteiger partial charge on any atom is -0.481 e. The fraction of sp³-hybridized carbons (Fsp3) is 0.464. The van der Waals surface area contributed by atoms with Crippen LogP contribution >= 0.6 is 0 Å². The number of carbonyl (C=O) groups excluding carboxylic acids is 2. The minimum absolute atomic E-state index is 0.00897. The Hall–Kier alpha value is -3.35. The molecule has 0 bridgehead atoms. The zero-order valence-electron chi connectivity index (χ0n) is 20.0. The Kier molecular flexibility index (Phi) is 6.26. The van der Waals surface area contributed by atoms with Gasteiger partial charge in [-0.1, -0.05) is 61.4 Å². The van der Waals surface area contributed by atoms with Crippen molar-refractivity contribution in [3.8, 4) is 11.1 Å². The molecule has 0 aromatic heterocycles. The summed E-state index contributed by atoms with van der Waals surface area (Å²) in [6.07, 6.45) is 3.72. The predicted molar refractivity (Wildman–Crippen MR) is 131 cm³/mol. The van der Waals surface area contributed by atoms with Gasteiger partial charge in [0, 0.05) is 12.5 Å². The highest BCUT2D eigenvalue weighted by Crippen LogP contribution is 2.45. The van der Waals surface area contributed by atoms with E-state index in [0.717, 1.165) is 47.9 Å². The van der Waals surface area contributed by atoms with E-state index in [4.69, 9.17) is 4.74 Å². The molecule has 3 aliphatic carbocycles. The van der Waals surface area contributed by atoms with E-state index in [0.29, 0.717) is 12.3 Å². The second-order valence-corrected chi connectivity index (χ2v) is 10.4. The summed E-state index contributed by atoms with van der Waals surface area (Å²) in [5.74, 6) is -1.46. The van der Waals surface area contributed by atoms with Crippen LogP contribution in [0.15, 0.2) is 48.5 Å². The highest BCUT2D eigenvalue weighted by Gasteiger charge is 2.49. The van der Waals surface area contributed by atoms with Crippen molar-refractivity contribution in [2.24, 2.45) is 17.8 Å². The lowest BCUT2D eigenvalue weighted by molar-refractivity contribution is -0.142. The van der Waals surface area contributed by atoms with E-state index in [-0.39, 0.29) is 30.9 Å². The third-order valence-corrected chi connectivity index (χ3v) is 7.74. The first-order valence-corrected chi connectivity index (χ1v) is 12.5. The first kappa shape index (κ1) is 23.4. The van der Waals surface area contributed by atoms with Gasteiger partial charge in [0.05, 0.1) is 5.92 Å². The Morgan fingerprint density at radius 1 is 1.00 bits per heavy atom. The standard InChI is InChI=1S/C28H32N2O5/c1-28(19-12-13-19,26(33)29-15-18(25(31)32)14-17-10-11-17)30-27(34)35-16-24-22-8-4-2-6-20(22)21-7-3-5-9-23(21)24/h2-9,17-19,24H,10-16H2,1H3,(H,29,33)(H,30,34)(H,31,32). The van der Waals surface area contributed by atoms with Crippen LogP contribution in [0.1, 0.15) is 56.1 Å². The highest BCUT2D eigenvalue weighted by molar-refractivity contribution is 5.90. The second-order valence-electron chi connectivity index (χ2n) is 10.4. The number of rotatable bonds is 10. The molecule has 5 rings (SSSR count). The molecule has 35 heavy (non-hydrogen) atoms. The summed E-state index contributed by atoms with van der Waals surface area (Å²) in [6.45, 7) is 1.95. The van der Waals surface area contributed by atoms with Crippen molar-refractivity contribution in [3.63, 3.8) is 0 Å². The van der Waals surface area contributed by atoms with Gasteiger partial charge in [-0.25, -0.2) is 4.79 Å². The molecule has 0 spiro atoms. The molecule has 0 aliphatic heterocycles. The summed E-state index contributed by atoms with van der Waals surface area (Å²) in [5, 5.41) is 15.1. The number of ether oxygens (including phenoxy) is 1. The number of hydrogen-bond donors (Lipinski definition) is 3. The molecule has 3 N–H and O–H groups in total. The largest absolute Gasteiger partial charge is 0.481 e. The predicted octanol–water partition coefficient (Wildman–Crippen LogP) is 4.31. The summed E-state index contributed by atoms with van der Waals surface area (Å²) >= 11 is 0. The van der Waals surface area contributed by atoms with Crippen molar-refractivity contribution in [2.45, 2.75) is 50.5 Å². The Bertz CT molecular complexity index is 1090. The second kappa shape index (κ2) is 9.36. The number of carbonyl (C=O) groups is 3. The van der Waals surface area contributed by atoms with Gasteiger partial charge >= 0.3 is 12.1 Å². The van der Waals surface area contributed by atoms with Gasteiger partial charge in [-0.3, -0.25) is 9.59 Å². The fourth-order valence-corrected chi connectivity index (χ4v) is 5.28. The molecule has 2 unspecified atom stereocenters. The van der Waals surface area contributed by atoms with Crippen LogP contribution in [0.2, 0.25) is 0 Å². The van der Waals surface area contributed by atoms with Gasteiger partial charge in [0.15, 0.2) is 0 Å². The zero-order chi connectivity index (χ0) is 24.6. The van der Waals surface area contributed by atoms with Gasteiger partial charge in [0.25, 0.3) is 0 Å². The number of nitrogens with one attached hydrogen (secondary N) is 2. The Morgan fingerprint density at radius 2 is 1.60 bits per heavy atom. The number of alkyl carbamates (subject to hydrolysis) is 1. The quantitative estimate of drug-likeness (QED) is 0.474. The van der Waals surface area contributed by atoms with E-state index >= 15 is 0 Å². The van der Waals surface area contributed by atoms with Crippen molar-refractivity contribution in [1.29, 1.82) is 0 Å². The Morgan fingerprint density at radius 3 is 2.14 bits per heavy atom. The molecule has 3 aliphatic rings. The first-order valence-electron chi connectivity index (χ1n) is 12.5. The number of aliphatic carboxylic acids is 1. The van der Waals surface area contributed by atoms with Crippen molar-refractivity contribution in [1.82, 2.24) is 10.6 Å². The molecule has 0 radical (unpaired) electrons. The van der Waals surface area contributed by atoms with Crippen molar-refractivity contribution in [2.75, 3.05) is 13.2 Å². The SMILES string of the molecule is CC(NC(=O)OCC1c2ccccc2-c2ccccc21)(C(=O)NCC(CC1CC1)C(=O)O)C1CC1. The lowest BCUT2D eigenvalue weighted by Crippen LogP contribution is -2.59. The summed E-state index contributed by atoms with van der Waals surface area (Å²) in [4.78, 5) is 37.6. The lowest BCUT2D eigenvalue weighted by atomic mass is 9.94. The van der Waals surface area contributed by atoms with Crippen LogP contribution in [-0.4, -0.2) is 41.8 Å². The van der Waals surface area contributed by atoms with Crippen LogP contribution in [0.3, 0.4) is 0 Å². The molecular formula is C28H32N2O5. The smallest absolute Gasteiger partial charge is 0.408 e. The maximum absolute atomic E-state index is 13.1. The van der Waals surface area contributed by atoms with Gasteiger partial charge in [-0.05, 0) is 60.3 Å². The molecular weight excluding hydrogens is 444 g/mol. The third-order valence-electron chi connectivity index (χ3n) is 7.74. The van der Waals surface area contributed by atoms with Crippen LogP contribution in [0.25, 0.3) is 11.1 Å². The summed E-state index contributed by atoms with van der Waals surface area (Å²) in [5.41, 5.74) is 3.42. The van der Waals surface area contributed by atoms with E-state index in [2.05, 4.69) is 34.9 Å². The molecule has 2 amide bonds. The van der Waals surface area contributed by atoms with Crippen LogP contribution in [-0.2, 0) is 14.3 Å². The van der Waals surface area contributed by atoms with Crippen LogP contribution in [0.4, 0.5) is 4.79 Å². The van der Waals surface area contributed by atoms with Crippen molar-refractivity contribution < 1.29 is 24.2 Å². The van der Waals surface area contributed by atoms with Gasteiger partial charge in [-0.2, -0.15) is 0 Å². The van der Waals surface area contributed by atoms with E-state index in [1.165, 1.54) is 0 Å². The number of fused-ring (bicyclic) bond motifs is 3. The maximum atomic E-state index is 13.1. The van der Waals surface area contributed by atoms with Crippen molar-refractivity contribution >= 4 is 18.0 Å². The fourth-order valence-electron chi connectivity index (χ4n) is 5.28. The molecule has 2 aromatic rings. The molecule has 7 heteroatoms. The third kappa shape index (κ3) is 4.90. The van der Waals surface area contributed by atoms with Gasteiger partial charge in [0.1, 0.15) is 12.1 Å². The minimum atomic E-state index is -1.13. The summed E-state index contributed by atoms with van der Waals surface area (Å²) in [6, 6.07) is 16.3. The molecule has 184 valence electrons. The molecule has 0 saturated heterocycles. The van der Waals surface area contributed by atoms with E-state index in [1.54, 1.807) is 6.92 Å². The number of amides is 2. The monoisotopic (exact) mass is 476 g/mol. The zero-order valence-corrected chi connectivity index (χ0v) is 20.0. The summed E-state index contributed by atoms with van der Waals surface area (Å²) < 4.78 is 5.66. The molecule has 2 fully saturated rings. The van der Waals surface area contributed by atoms with Gasteiger partial charge in [-0.15, -0.1) is 0 Å². The molecule has 2 saturated carbocycles. The van der Waals surface area contributed by atoms with Gasteiger partial charge < -0.3 is 20.5 Å². The maximum Gasteiger partial charge on any atom is 0.408 e.